The first-order chi connectivity index (χ1) is 9.22. The molecule has 0 saturated heterocycles. The number of nitrogens with one attached hydrogen (secondary N) is 1. The van der Waals surface area contributed by atoms with Gasteiger partial charge in [0.05, 0.1) is 6.54 Å². The van der Waals surface area contributed by atoms with Crippen LogP contribution in [0.4, 0.5) is 8.78 Å². The Labute approximate surface area is 110 Å². The third kappa shape index (κ3) is 2.25. The van der Waals surface area contributed by atoms with E-state index in [1.54, 1.807) is 6.07 Å². The van der Waals surface area contributed by atoms with Crippen molar-refractivity contribution in [3.63, 3.8) is 0 Å². The van der Waals surface area contributed by atoms with Crippen molar-refractivity contribution in [2.24, 2.45) is 0 Å². The standard InChI is InChI=1S/C15H17F2NO/c1-2-7-18-8-12-13(9-3-4-9)10-5-6-11(16)14(17)15(10)19-12/h5-6,9,18H,2-4,7-8H2,1H3. The second-order valence-corrected chi connectivity index (χ2v) is 5.13. The van der Waals surface area contributed by atoms with E-state index in [9.17, 15) is 8.78 Å². The first-order valence-corrected chi connectivity index (χ1v) is 6.82. The van der Waals surface area contributed by atoms with Crippen molar-refractivity contribution in [3.05, 3.63) is 35.1 Å². The minimum absolute atomic E-state index is 0.0650. The van der Waals surface area contributed by atoms with Gasteiger partial charge >= 0.3 is 0 Å². The highest BCUT2D eigenvalue weighted by Crippen LogP contribution is 2.46. The summed E-state index contributed by atoms with van der Waals surface area (Å²) in [5.74, 6) is -0.516. The van der Waals surface area contributed by atoms with Gasteiger partial charge in [0.2, 0.25) is 5.82 Å². The number of hydrogen-bond donors (Lipinski definition) is 1. The summed E-state index contributed by atoms with van der Waals surface area (Å²) in [5, 5.41) is 3.99. The number of halogens is 2. The molecule has 102 valence electrons. The molecule has 1 fully saturated rings. The van der Waals surface area contributed by atoms with Crippen molar-refractivity contribution in [3.8, 4) is 0 Å². The van der Waals surface area contributed by atoms with Gasteiger partial charge in [-0.2, -0.15) is 4.39 Å². The Morgan fingerprint density at radius 2 is 2.11 bits per heavy atom. The largest absolute Gasteiger partial charge is 0.456 e. The van der Waals surface area contributed by atoms with Crippen LogP contribution in [0.25, 0.3) is 11.0 Å². The highest BCUT2D eigenvalue weighted by molar-refractivity contribution is 5.84. The fourth-order valence-corrected chi connectivity index (χ4v) is 2.50. The Bertz CT molecular complexity index is 602. The molecule has 0 spiro atoms. The predicted octanol–water partition coefficient (Wildman–Crippen LogP) is 4.09. The van der Waals surface area contributed by atoms with E-state index in [-0.39, 0.29) is 5.58 Å². The average molecular weight is 265 g/mol. The van der Waals surface area contributed by atoms with Crippen LogP contribution in [-0.4, -0.2) is 6.54 Å². The molecule has 0 radical (unpaired) electrons. The molecule has 0 bridgehead atoms. The van der Waals surface area contributed by atoms with Crippen LogP contribution < -0.4 is 5.32 Å². The van der Waals surface area contributed by atoms with Crippen LogP contribution in [0.15, 0.2) is 16.5 Å². The van der Waals surface area contributed by atoms with E-state index in [1.807, 2.05) is 0 Å². The van der Waals surface area contributed by atoms with Crippen molar-refractivity contribution in [2.45, 2.75) is 38.6 Å². The topological polar surface area (TPSA) is 25.2 Å². The SMILES string of the molecule is CCCNCc1oc2c(F)c(F)ccc2c1C1CC1. The molecular formula is C15H17F2NO. The van der Waals surface area contributed by atoms with Crippen LogP contribution in [-0.2, 0) is 6.54 Å². The second-order valence-electron chi connectivity index (χ2n) is 5.13. The average Bonchev–Trinajstić information content (AvgIpc) is 3.16. The number of fused-ring (bicyclic) bond motifs is 1. The van der Waals surface area contributed by atoms with E-state index in [2.05, 4.69) is 12.2 Å². The van der Waals surface area contributed by atoms with Crippen molar-refractivity contribution in [2.75, 3.05) is 6.54 Å². The molecule has 1 heterocycles. The Morgan fingerprint density at radius 1 is 1.32 bits per heavy atom. The van der Waals surface area contributed by atoms with Gasteiger partial charge in [0.1, 0.15) is 5.76 Å². The molecular weight excluding hydrogens is 248 g/mol. The fraction of sp³-hybridized carbons (Fsp3) is 0.467. The van der Waals surface area contributed by atoms with E-state index in [1.165, 1.54) is 6.07 Å². The zero-order valence-corrected chi connectivity index (χ0v) is 10.9. The molecule has 1 N–H and O–H groups in total. The smallest absolute Gasteiger partial charge is 0.201 e. The van der Waals surface area contributed by atoms with Gasteiger partial charge in [-0.3, -0.25) is 0 Å². The van der Waals surface area contributed by atoms with Gasteiger partial charge in [-0.15, -0.1) is 0 Å². The van der Waals surface area contributed by atoms with E-state index in [0.717, 1.165) is 42.5 Å². The molecule has 4 heteroatoms. The van der Waals surface area contributed by atoms with Crippen LogP contribution in [0.1, 0.15) is 43.4 Å². The summed E-state index contributed by atoms with van der Waals surface area (Å²) >= 11 is 0. The third-order valence-corrected chi connectivity index (χ3v) is 3.56. The van der Waals surface area contributed by atoms with Crippen LogP contribution in [0.5, 0.6) is 0 Å². The lowest BCUT2D eigenvalue weighted by molar-refractivity contribution is 0.466. The van der Waals surface area contributed by atoms with Crippen LogP contribution in [0.2, 0.25) is 0 Å². The maximum atomic E-state index is 13.8. The summed E-state index contributed by atoms with van der Waals surface area (Å²) in [6.07, 6.45) is 3.24. The number of benzene rings is 1. The lowest BCUT2D eigenvalue weighted by atomic mass is 10.1. The molecule has 1 aliphatic rings. The maximum absolute atomic E-state index is 13.8. The molecule has 1 aromatic carbocycles. The van der Waals surface area contributed by atoms with Gasteiger partial charge in [-0.25, -0.2) is 4.39 Å². The number of rotatable bonds is 5. The first kappa shape index (κ1) is 12.6. The van der Waals surface area contributed by atoms with E-state index < -0.39 is 11.6 Å². The zero-order valence-electron chi connectivity index (χ0n) is 10.9. The van der Waals surface area contributed by atoms with Crippen molar-refractivity contribution in [1.82, 2.24) is 5.32 Å². The summed E-state index contributed by atoms with van der Waals surface area (Å²) in [4.78, 5) is 0. The van der Waals surface area contributed by atoms with Crippen LogP contribution in [0.3, 0.4) is 0 Å². The minimum atomic E-state index is -0.874. The van der Waals surface area contributed by atoms with Crippen molar-refractivity contribution >= 4 is 11.0 Å². The monoisotopic (exact) mass is 265 g/mol. The Morgan fingerprint density at radius 3 is 2.79 bits per heavy atom. The Hall–Kier alpha value is -1.42. The molecule has 3 rings (SSSR count). The summed E-state index contributed by atoms with van der Waals surface area (Å²) in [6.45, 7) is 3.55. The molecule has 2 aromatic rings. The van der Waals surface area contributed by atoms with E-state index in [4.69, 9.17) is 4.42 Å². The molecule has 1 aliphatic carbocycles. The molecule has 1 saturated carbocycles. The number of furan rings is 1. The van der Waals surface area contributed by atoms with Gasteiger partial charge in [-0.05, 0) is 43.9 Å². The summed E-state index contributed by atoms with van der Waals surface area (Å²) in [7, 11) is 0. The molecule has 0 atom stereocenters. The highest BCUT2D eigenvalue weighted by Gasteiger charge is 2.31. The third-order valence-electron chi connectivity index (χ3n) is 3.56. The lowest BCUT2D eigenvalue weighted by Crippen LogP contribution is -2.14. The number of hydrogen-bond acceptors (Lipinski definition) is 2. The van der Waals surface area contributed by atoms with Gasteiger partial charge in [-0.1, -0.05) is 6.92 Å². The molecule has 2 nitrogen and oxygen atoms in total. The molecule has 19 heavy (non-hydrogen) atoms. The quantitative estimate of drug-likeness (QED) is 0.824. The molecule has 0 amide bonds. The minimum Gasteiger partial charge on any atom is -0.456 e. The van der Waals surface area contributed by atoms with E-state index >= 15 is 0 Å². The fourth-order valence-electron chi connectivity index (χ4n) is 2.50. The highest BCUT2D eigenvalue weighted by atomic mass is 19.2. The molecule has 0 aliphatic heterocycles. The summed E-state index contributed by atoms with van der Waals surface area (Å²) in [6, 6.07) is 2.82. The summed E-state index contributed by atoms with van der Waals surface area (Å²) < 4.78 is 32.6. The lowest BCUT2D eigenvalue weighted by Gasteiger charge is -2.02. The van der Waals surface area contributed by atoms with Gasteiger partial charge in [0, 0.05) is 10.9 Å². The Balaban J connectivity index is 2.04. The molecule has 0 unspecified atom stereocenters. The normalized spacial score (nSPS) is 15.3. The van der Waals surface area contributed by atoms with Gasteiger partial charge in [0.25, 0.3) is 0 Å². The van der Waals surface area contributed by atoms with Crippen LogP contribution in [0, 0.1) is 11.6 Å². The van der Waals surface area contributed by atoms with Crippen LogP contribution >= 0.6 is 0 Å². The predicted molar refractivity (Wildman–Crippen MR) is 70.1 cm³/mol. The zero-order chi connectivity index (χ0) is 13.4. The van der Waals surface area contributed by atoms with Crippen molar-refractivity contribution < 1.29 is 13.2 Å². The second kappa shape index (κ2) is 4.93. The van der Waals surface area contributed by atoms with E-state index in [0.29, 0.717) is 12.5 Å². The molecule has 1 aromatic heterocycles. The summed E-state index contributed by atoms with van der Waals surface area (Å²) in [5.41, 5.74) is 1.13. The van der Waals surface area contributed by atoms with Gasteiger partial charge in [0.15, 0.2) is 11.4 Å². The maximum Gasteiger partial charge on any atom is 0.201 e. The first-order valence-electron chi connectivity index (χ1n) is 6.82. The van der Waals surface area contributed by atoms with Gasteiger partial charge < -0.3 is 9.73 Å². The van der Waals surface area contributed by atoms with Crippen molar-refractivity contribution in [1.29, 1.82) is 0 Å². The Kier molecular flexibility index (Phi) is 3.27.